The van der Waals surface area contributed by atoms with Gasteiger partial charge >= 0.3 is 5.97 Å². The third kappa shape index (κ3) is 4.33. The molecule has 1 N–H and O–H groups in total. The minimum Gasteiger partial charge on any atom is -0.462 e. The number of halogens is 1. The van der Waals surface area contributed by atoms with E-state index in [4.69, 9.17) is 21.6 Å². The lowest BCUT2D eigenvalue weighted by atomic mass is 10.2. The van der Waals surface area contributed by atoms with Crippen molar-refractivity contribution in [2.24, 2.45) is 0 Å². The van der Waals surface area contributed by atoms with Gasteiger partial charge in [-0.25, -0.2) is 0 Å². The summed E-state index contributed by atoms with van der Waals surface area (Å²) in [6.45, 7) is 3.58. The van der Waals surface area contributed by atoms with E-state index in [2.05, 4.69) is 5.32 Å². The van der Waals surface area contributed by atoms with Crippen molar-refractivity contribution in [2.45, 2.75) is 20.0 Å². The number of carbonyl (C=O) groups excluding carboxylic acids is 1. The Balaban J connectivity index is 2.63. The Labute approximate surface area is 105 Å². The average molecular weight is 253 g/mol. The summed E-state index contributed by atoms with van der Waals surface area (Å²) in [5.41, 5.74) is 1.03. The van der Waals surface area contributed by atoms with Crippen molar-refractivity contribution in [3.05, 3.63) is 28.8 Å². The molecule has 0 radical (unpaired) electrons. The number of hydrogen-bond acceptors (Lipinski definition) is 4. The van der Waals surface area contributed by atoms with Crippen LogP contribution in [0.3, 0.4) is 0 Å². The Morgan fingerprint density at radius 3 is 2.88 bits per heavy atom. The number of nitrogens with zero attached hydrogens (tertiary/aromatic N) is 1. The van der Waals surface area contributed by atoms with Gasteiger partial charge in [-0.05, 0) is 32.0 Å². The molecule has 0 atom stereocenters. The molecule has 0 unspecified atom stereocenters. The number of ether oxygens (including phenoxy) is 1. The molecule has 17 heavy (non-hydrogen) atoms. The topological polar surface area (TPSA) is 62.1 Å². The number of anilines is 1. The molecule has 0 amide bonds. The number of nitrogens with one attached hydrogen (secondary N) is 1. The van der Waals surface area contributed by atoms with E-state index < -0.39 is 0 Å². The fraction of sp³-hybridized carbons (Fsp3) is 0.333. The van der Waals surface area contributed by atoms with E-state index in [1.54, 1.807) is 32.0 Å². The highest BCUT2D eigenvalue weighted by Gasteiger charge is 2.07. The number of carbonyl (C=O) groups is 1. The number of rotatable bonds is 4. The second-order valence-corrected chi connectivity index (χ2v) is 4.11. The number of benzene rings is 1. The largest absolute Gasteiger partial charge is 0.462 e. The van der Waals surface area contributed by atoms with Gasteiger partial charge in [-0.15, -0.1) is 0 Å². The van der Waals surface area contributed by atoms with Crippen molar-refractivity contribution >= 4 is 23.3 Å². The number of esters is 1. The van der Waals surface area contributed by atoms with Gasteiger partial charge in [-0.2, -0.15) is 5.26 Å². The summed E-state index contributed by atoms with van der Waals surface area (Å²) in [5, 5.41) is 12.0. The Bertz CT molecular complexity index is 452. The van der Waals surface area contributed by atoms with Crippen molar-refractivity contribution in [1.82, 2.24) is 0 Å². The maximum Gasteiger partial charge on any atom is 0.325 e. The first kappa shape index (κ1) is 13.3. The highest BCUT2D eigenvalue weighted by atomic mass is 35.5. The summed E-state index contributed by atoms with van der Waals surface area (Å²) in [5.74, 6) is -0.363. The Kier molecular flexibility index (Phi) is 4.80. The smallest absolute Gasteiger partial charge is 0.325 e. The fourth-order valence-corrected chi connectivity index (χ4v) is 1.39. The zero-order valence-electron chi connectivity index (χ0n) is 9.66. The molecule has 0 saturated carbocycles. The zero-order chi connectivity index (χ0) is 12.8. The molecular weight excluding hydrogens is 240 g/mol. The molecule has 1 rings (SSSR count). The van der Waals surface area contributed by atoms with Crippen molar-refractivity contribution in [1.29, 1.82) is 5.26 Å². The molecule has 0 aliphatic heterocycles. The van der Waals surface area contributed by atoms with Gasteiger partial charge in [-0.1, -0.05) is 11.6 Å². The fourth-order valence-electron chi connectivity index (χ4n) is 1.20. The van der Waals surface area contributed by atoms with Crippen LogP contribution in [0.5, 0.6) is 0 Å². The molecule has 0 saturated heterocycles. The van der Waals surface area contributed by atoms with Gasteiger partial charge in [0.15, 0.2) is 0 Å². The van der Waals surface area contributed by atoms with Crippen LogP contribution in [0.25, 0.3) is 0 Å². The molecule has 5 heteroatoms. The average Bonchev–Trinajstić information content (AvgIpc) is 2.27. The van der Waals surface area contributed by atoms with Crippen LogP contribution < -0.4 is 5.32 Å². The van der Waals surface area contributed by atoms with Crippen molar-refractivity contribution < 1.29 is 9.53 Å². The van der Waals surface area contributed by atoms with Gasteiger partial charge in [0.05, 0.1) is 28.4 Å². The van der Waals surface area contributed by atoms with E-state index in [1.807, 2.05) is 6.07 Å². The molecule has 1 aromatic rings. The molecule has 4 nitrogen and oxygen atoms in total. The van der Waals surface area contributed by atoms with Crippen LogP contribution in [0.1, 0.15) is 19.4 Å². The summed E-state index contributed by atoms with van der Waals surface area (Å²) >= 11 is 5.92. The van der Waals surface area contributed by atoms with Gasteiger partial charge in [0.25, 0.3) is 0 Å². The second-order valence-electron chi connectivity index (χ2n) is 3.70. The Morgan fingerprint density at radius 1 is 1.59 bits per heavy atom. The van der Waals surface area contributed by atoms with Gasteiger partial charge in [0.2, 0.25) is 0 Å². The summed E-state index contributed by atoms with van der Waals surface area (Å²) in [6, 6.07) is 6.81. The maximum absolute atomic E-state index is 11.3. The Hall–Kier alpha value is -1.73. The minimum absolute atomic E-state index is 0.0206. The van der Waals surface area contributed by atoms with Gasteiger partial charge < -0.3 is 10.1 Å². The third-order valence-electron chi connectivity index (χ3n) is 1.89. The van der Waals surface area contributed by atoms with Crippen LogP contribution in [0.4, 0.5) is 5.69 Å². The standard InChI is InChI=1S/C12H13ClN2O2/c1-8(2)17-12(16)7-15-11-5-9(6-14)3-4-10(11)13/h3-5,8,15H,7H2,1-2H3. The first-order valence-electron chi connectivity index (χ1n) is 5.16. The first-order valence-corrected chi connectivity index (χ1v) is 5.53. The van der Waals surface area contributed by atoms with E-state index in [0.29, 0.717) is 16.3 Å². The van der Waals surface area contributed by atoms with Crippen LogP contribution in [0.2, 0.25) is 5.02 Å². The summed E-state index contributed by atoms with van der Waals surface area (Å²) < 4.78 is 4.96. The van der Waals surface area contributed by atoms with Crippen molar-refractivity contribution in [2.75, 3.05) is 11.9 Å². The molecule has 0 heterocycles. The molecule has 0 aliphatic rings. The van der Waals surface area contributed by atoms with Gasteiger partial charge in [0.1, 0.15) is 6.54 Å². The monoisotopic (exact) mass is 252 g/mol. The summed E-state index contributed by atoms with van der Waals surface area (Å²) in [6.07, 6.45) is -0.148. The minimum atomic E-state index is -0.363. The first-order chi connectivity index (χ1) is 8.02. The molecule has 90 valence electrons. The quantitative estimate of drug-likeness (QED) is 0.837. The lowest BCUT2D eigenvalue weighted by molar-refractivity contribution is -0.145. The van der Waals surface area contributed by atoms with Crippen molar-refractivity contribution in [3.63, 3.8) is 0 Å². The third-order valence-corrected chi connectivity index (χ3v) is 2.22. The Morgan fingerprint density at radius 2 is 2.29 bits per heavy atom. The van der Waals surface area contributed by atoms with E-state index in [1.165, 1.54) is 0 Å². The summed E-state index contributed by atoms with van der Waals surface area (Å²) in [4.78, 5) is 11.3. The maximum atomic E-state index is 11.3. The van der Waals surface area contributed by atoms with E-state index in [0.717, 1.165) is 0 Å². The molecule has 0 spiro atoms. The predicted molar refractivity (Wildman–Crippen MR) is 65.9 cm³/mol. The van der Waals surface area contributed by atoms with E-state index in [-0.39, 0.29) is 18.6 Å². The van der Waals surface area contributed by atoms with E-state index in [9.17, 15) is 4.79 Å². The molecule has 0 bridgehead atoms. The van der Waals surface area contributed by atoms with Crippen LogP contribution in [-0.2, 0) is 9.53 Å². The van der Waals surface area contributed by atoms with Gasteiger partial charge in [0, 0.05) is 0 Å². The molecule has 1 aromatic carbocycles. The SMILES string of the molecule is CC(C)OC(=O)CNc1cc(C#N)ccc1Cl. The molecule has 0 aliphatic carbocycles. The zero-order valence-corrected chi connectivity index (χ0v) is 10.4. The van der Waals surface area contributed by atoms with Gasteiger partial charge in [-0.3, -0.25) is 4.79 Å². The number of nitriles is 1. The molecular formula is C12H13ClN2O2. The van der Waals surface area contributed by atoms with Crippen molar-refractivity contribution in [3.8, 4) is 6.07 Å². The molecule has 0 aromatic heterocycles. The normalized spacial score (nSPS) is 9.82. The van der Waals surface area contributed by atoms with Crippen LogP contribution in [0, 0.1) is 11.3 Å². The van der Waals surface area contributed by atoms with Crippen LogP contribution >= 0.6 is 11.6 Å². The highest BCUT2D eigenvalue weighted by molar-refractivity contribution is 6.33. The lowest BCUT2D eigenvalue weighted by Gasteiger charge is -2.10. The van der Waals surface area contributed by atoms with Crippen LogP contribution in [-0.4, -0.2) is 18.6 Å². The predicted octanol–water partition coefficient (Wildman–Crippen LogP) is 2.58. The van der Waals surface area contributed by atoms with Crippen LogP contribution in [0.15, 0.2) is 18.2 Å². The lowest BCUT2D eigenvalue weighted by Crippen LogP contribution is -2.20. The number of hydrogen-bond donors (Lipinski definition) is 1. The second kappa shape index (κ2) is 6.12. The highest BCUT2D eigenvalue weighted by Crippen LogP contribution is 2.22. The molecule has 0 fully saturated rings. The van der Waals surface area contributed by atoms with E-state index >= 15 is 0 Å². The summed E-state index contributed by atoms with van der Waals surface area (Å²) in [7, 11) is 0.